The van der Waals surface area contributed by atoms with Gasteiger partial charge in [0.15, 0.2) is 6.10 Å². The molecule has 2 fully saturated rings. The lowest BCUT2D eigenvalue weighted by Gasteiger charge is -2.37. The van der Waals surface area contributed by atoms with Crippen LogP contribution in [0.1, 0.15) is 19.1 Å². The fourth-order valence-corrected chi connectivity index (χ4v) is 4.08. The minimum Gasteiger partial charge on any atom is -0.467 e. The number of hydrogen-bond acceptors (Lipinski definition) is 6. The molecule has 1 aromatic carbocycles. The van der Waals surface area contributed by atoms with Crippen LogP contribution in [0.4, 0.5) is 5.69 Å². The first-order chi connectivity index (χ1) is 15.0. The molecule has 0 spiro atoms. The van der Waals surface area contributed by atoms with Gasteiger partial charge < -0.3 is 23.9 Å². The van der Waals surface area contributed by atoms with Crippen LogP contribution < -0.4 is 4.90 Å². The number of benzene rings is 1. The van der Waals surface area contributed by atoms with Crippen molar-refractivity contribution in [3.05, 3.63) is 54.5 Å². The Morgan fingerprint density at radius 2 is 1.84 bits per heavy atom. The predicted octanol–water partition coefficient (Wildman–Crippen LogP) is 1.91. The Hall–Kier alpha value is -3.29. The predicted molar refractivity (Wildman–Crippen MR) is 113 cm³/mol. The second kappa shape index (κ2) is 9.24. The quantitative estimate of drug-likeness (QED) is 0.658. The normalized spacial score (nSPS) is 20.1. The Bertz CT molecular complexity index is 907. The number of para-hydroxylation sites is 1. The fraction of sp³-hybridized carbons (Fsp3) is 0.435. The van der Waals surface area contributed by atoms with Gasteiger partial charge in [0.1, 0.15) is 5.76 Å². The van der Waals surface area contributed by atoms with E-state index in [-0.39, 0.29) is 24.8 Å². The largest absolute Gasteiger partial charge is 0.467 e. The number of anilines is 1. The summed E-state index contributed by atoms with van der Waals surface area (Å²) in [5, 5.41) is 0. The molecule has 0 bridgehead atoms. The van der Waals surface area contributed by atoms with Gasteiger partial charge in [-0.15, -0.1) is 0 Å². The Morgan fingerprint density at radius 1 is 1.10 bits per heavy atom. The van der Waals surface area contributed by atoms with E-state index in [1.165, 1.54) is 0 Å². The molecule has 8 nitrogen and oxygen atoms in total. The third kappa shape index (κ3) is 4.90. The minimum atomic E-state index is -0.870. The molecule has 2 atom stereocenters. The van der Waals surface area contributed by atoms with Crippen LogP contribution in [0.15, 0.2) is 53.1 Å². The van der Waals surface area contributed by atoms with Crippen molar-refractivity contribution in [3.8, 4) is 0 Å². The molecule has 2 aliphatic rings. The molecule has 3 heterocycles. The van der Waals surface area contributed by atoms with Crippen LogP contribution in [0.2, 0.25) is 0 Å². The standard InChI is InChI=1S/C23H27N3O5/c1-17(22(28)25-11-9-24(10-12-25)19-6-3-2-4-7-19)31-23(29)18-14-21(27)26(15-18)16-20-8-5-13-30-20/h2-8,13,17-18H,9-12,14-16H2,1H3/t17-,18-/m0/s1. The highest BCUT2D eigenvalue weighted by Gasteiger charge is 2.37. The third-order valence-electron chi connectivity index (χ3n) is 5.83. The van der Waals surface area contributed by atoms with E-state index >= 15 is 0 Å². The molecule has 0 saturated carbocycles. The molecular weight excluding hydrogens is 398 g/mol. The van der Waals surface area contributed by atoms with Crippen LogP contribution in [0.3, 0.4) is 0 Å². The van der Waals surface area contributed by atoms with Crippen LogP contribution in [0.5, 0.6) is 0 Å². The first kappa shape index (κ1) is 21.0. The van der Waals surface area contributed by atoms with E-state index in [2.05, 4.69) is 17.0 Å². The van der Waals surface area contributed by atoms with E-state index in [9.17, 15) is 14.4 Å². The van der Waals surface area contributed by atoms with Crippen LogP contribution in [-0.2, 0) is 25.7 Å². The average molecular weight is 425 g/mol. The summed E-state index contributed by atoms with van der Waals surface area (Å²) in [6, 6.07) is 13.6. The molecule has 2 aliphatic heterocycles. The molecule has 0 unspecified atom stereocenters. The summed E-state index contributed by atoms with van der Waals surface area (Å²) in [7, 11) is 0. The van der Waals surface area contributed by atoms with Gasteiger partial charge in [-0.05, 0) is 31.2 Å². The molecule has 0 aliphatic carbocycles. The molecule has 8 heteroatoms. The van der Waals surface area contributed by atoms with Gasteiger partial charge in [0.2, 0.25) is 5.91 Å². The molecule has 2 saturated heterocycles. The molecule has 164 valence electrons. The number of carbonyl (C=O) groups excluding carboxylic acids is 3. The third-order valence-corrected chi connectivity index (χ3v) is 5.83. The second-order valence-electron chi connectivity index (χ2n) is 7.98. The molecule has 0 radical (unpaired) electrons. The summed E-state index contributed by atoms with van der Waals surface area (Å²) in [4.78, 5) is 43.1. The van der Waals surface area contributed by atoms with Gasteiger partial charge in [-0.25, -0.2) is 0 Å². The van der Waals surface area contributed by atoms with Gasteiger partial charge in [0, 0.05) is 44.8 Å². The van der Waals surface area contributed by atoms with Crippen molar-refractivity contribution >= 4 is 23.5 Å². The Balaban J connectivity index is 1.25. The van der Waals surface area contributed by atoms with Gasteiger partial charge in [-0.2, -0.15) is 0 Å². The second-order valence-corrected chi connectivity index (χ2v) is 7.98. The number of amides is 2. The summed E-state index contributed by atoms with van der Waals surface area (Å²) < 4.78 is 10.7. The highest BCUT2D eigenvalue weighted by molar-refractivity contribution is 5.89. The molecular formula is C23H27N3O5. The smallest absolute Gasteiger partial charge is 0.312 e. The van der Waals surface area contributed by atoms with Crippen LogP contribution in [-0.4, -0.2) is 66.4 Å². The lowest BCUT2D eigenvalue weighted by molar-refractivity contribution is -0.162. The van der Waals surface area contributed by atoms with E-state index in [1.54, 1.807) is 35.1 Å². The maximum absolute atomic E-state index is 12.8. The first-order valence-electron chi connectivity index (χ1n) is 10.6. The van der Waals surface area contributed by atoms with Crippen molar-refractivity contribution in [3.63, 3.8) is 0 Å². The summed E-state index contributed by atoms with van der Waals surface area (Å²) in [5.74, 6) is -0.709. The summed E-state index contributed by atoms with van der Waals surface area (Å²) in [5.41, 5.74) is 1.14. The average Bonchev–Trinajstić information content (AvgIpc) is 3.44. The first-order valence-corrected chi connectivity index (χ1v) is 10.6. The maximum Gasteiger partial charge on any atom is 0.312 e. The Morgan fingerprint density at radius 3 is 2.52 bits per heavy atom. The number of ether oxygens (including phenoxy) is 1. The van der Waals surface area contributed by atoms with Crippen molar-refractivity contribution in [1.29, 1.82) is 0 Å². The lowest BCUT2D eigenvalue weighted by Crippen LogP contribution is -2.51. The number of likely N-dealkylation sites (tertiary alicyclic amines) is 1. The van der Waals surface area contributed by atoms with E-state index < -0.39 is 18.0 Å². The van der Waals surface area contributed by atoms with Gasteiger partial charge in [0.25, 0.3) is 5.91 Å². The van der Waals surface area contributed by atoms with Crippen molar-refractivity contribution in [2.24, 2.45) is 5.92 Å². The number of piperazine rings is 1. The number of hydrogen-bond donors (Lipinski definition) is 0. The fourth-order valence-electron chi connectivity index (χ4n) is 4.08. The van der Waals surface area contributed by atoms with Crippen molar-refractivity contribution < 1.29 is 23.5 Å². The SMILES string of the molecule is C[C@H](OC(=O)[C@H]1CC(=O)N(Cc2ccco2)C1)C(=O)N1CCN(c2ccccc2)CC1. The van der Waals surface area contributed by atoms with Crippen molar-refractivity contribution in [2.75, 3.05) is 37.6 Å². The number of esters is 1. The molecule has 1 aromatic heterocycles. The van der Waals surface area contributed by atoms with Gasteiger partial charge in [0.05, 0.1) is 18.7 Å². The number of nitrogens with zero attached hydrogens (tertiary/aromatic N) is 3. The molecule has 2 amide bonds. The van der Waals surface area contributed by atoms with Gasteiger partial charge in [-0.3, -0.25) is 14.4 Å². The maximum atomic E-state index is 12.8. The van der Waals surface area contributed by atoms with Crippen molar-refractivity contribution in [1.82, 2.24) is 9.80 Å². The molecule has 2 aromatic rings. The van der Waals surface area contributed by atoms with E-state index in [0.717, 1.165) is 18.8 Å². The zero-order valence-corrected chi connectivity index (χ0v) is 17.6. The van der Waals surface area contributed by atoms with Gasteiger partial charge >= 0.3 is 5.97 Å². The van der Waals surface area contributed by atoms with E-state index in [1.807, 2.05) is 18.2 Å². The zero-order valence-electron chi connectivity index (χ0n) is 17.6. The topological polar surface area (TPSA) is 83.3 Å². The van der Waals surface area contributed by atoms with Crippen LogP contribution >= 0.6 is 0 Å². The van der Waals surface area contributed by atoms with E-state index in [4.69, 9.17) is 9.15 Å². The summed E-state index contributed by atoms with van der Waals surface area (Å²) >= 11 is 0. The summed E-state index contributed by atoms with van der Waals surface area (Å²) in [6.45, 7) is 4.82. The summed E-state index contributed by atoms with van der Waals surface area (Å²) in [6.07, 6.45) is 0.773. The number of furan rings is 1. The highest BCUT2D eigenvalue weighted by Crippen LogP contribution is 2.22. The lowest BCUT2D eigenvalue weighted by atomic mass is 10.1. The Labute approximate surface area is 181 Å². The monoisotopic (exact) mass is 425 g/mol. The zero-order chi connectivity index (χ0) is 21.8. The number of carbonyl (C=O) groups is 3. The van der Waals surface area contributed by atoms with Gasteiger partial charge in [-0.1, -0.05) is 18.2 Å². The highest BCUT2D eigenvalue weighted by atomic mass is 16.5. The number of rotatable bonds is 6. The molecule has 0 N–H and O–H groups in total. The van der Waals surface area contributed by atoms with Crippen molar-refractivity contribution in [2.45, 2.75) is 26.0 Å². The molecule has 4 rings (SSSR count). The van der Waals surface area contributed by atoms with E-state index in [0.29, 0.717) is 25.4 Å². The minimum absolute atomic E-state index is 0.0935. The van der Waals surface area contributed by atoms with Crippen LogP contribution in [0, 0.1) is 5.92 Å². The Kier molecular flexibility index (Phi) is 6.25. The molecule has 31 heavy (non-hydrogen) atoms. The van der Waals surface area contributed by atoms with Crippen LogP contribution in [0.25, 0.3) is 0 Å².